The van der Waals surface area contributed by atoms with Crippen molar-refractivity contribution in [1.82, 2.24) is 9.88 Å². The predicted molar refractivity (Wildman–Crippen MR) is 119 cm³/mol. The van der Waals surface area contributed by atoms with Crippen LogP contribution in [0.4, 0.5) is 11.4 Å². The van der Waals surface area contributed by atoms with Crippen LogP contribution in [-0.4, -0.2) is 87.0 Å². The summed E-state index contributed by atoms with van der Waals surface area (Å²) in [7, 11) is 0. The molecular formula is C22H29N5O4. The summed E-state index contributed by atoms with van der Waals surface area (Å²) in [6.45, 7) is 7.93. The molecule has 0 aliphatic carbocycles. The number of aromatic hydroxyl groups is 1. The third-order valence-corrected chi connectivity index (χ3v) is 5.20. The van der Waals surface area contributed by atoms with E-state index < -0.39 is 0 Å². The van der Waals surface area contributed by atoms with Crippen LogP contribution in [0.2, 0.25) is 0 Å². The van der Waals surface area contributed by atoms with Crippen LogP contribution >= 0.6 is 0 Å². The Morgan fingerprint density at radius 2 is 1.74 bits per heavy atom. The van der Waals surface area contributed by atoms with Gasteiger partial charge in [0.05, 0.1) is 44.0 Å². The van der Waals surface area contributed by atoms with E-state index in [9.17, 15) is 5.11 Å². The lowest BCUT2D eigenvalue weighted by Crippen LogP contribution is -2.38. The number of rotatable bonds is 8. The molecule has 1 aromatic carbocycles. The highest BCUT2D eigenvalue weighted by Gasteiger charge is 2.15. The number of hydrogen-bond donors (Lipinski definition) is 2. The Hall–Kier alpha value is -2.88. The molecule has 31 heavy (non-hydrogen) atoms. The molecule has 0 spiro atoms. The van der Waals surface area contributed by atoms with E-state index in [1.54, 1.807) is 30.5 Å². The van der Waals surface area contributed by atoms with E-state index in [0.717, 1.165) is 57.3 Å². The highest BCUT2D eigenvalue weighted by molar-refractivity contribution is 5.80. The van der Waals surface area contributed by atoms with Crippen molar-refractivity contribution in [2.75, 3.05) is 76.1 Å². The maximum Gasteiger partial charge on any atom is 0.215 e. The summed E-state index contributed by atoms with van der Waals surface area (Å²) in [5.74, 6) is 0.802. The molecule has 2 aliphatic heterocycles. The number of pyridine rings is 1. The van der Waals surface area contributed by atoms with Crippen LogP contribution in [-0.2, 0) is 9.47 Å². The summed E-state index contributed by atoms with van der Waals surface area (Å²) >= 11 is 0. The molecule has 0 amide bonds. The van der Waals surface area contributed by atoms with Crippen molar-refractivity contribution in [1.29, 1.82) is 0 Å². The smallest absolute Gasteiger partial charge is 0.215 e. The molecule has 0 saturated carbocycles. The number of hydrogen-bond acceptors (Lipinski definition) is 9. The van der Waals surface area contributed by atoms with E-state index in [4.69, 9.17) is 14.2 Å². The van der Waals surface area contributed by atoms with E-state index in [2.05, 4.69) is 25.3 Å². The van der Waals surface area contributed by atoms with E-state index in [1.807, 2.05) is 12.1 Å². The SMILES string of the molecule is Oc1ccc(NN=Cc2cc(N3CCOCC3)cc(OCCN3CCOCC3)n2)cc1. The quantitative estimate of drug-likeness (QED) is 0.374. The zero-order chi connectivity index (χ0) is 21.3. The molecule has 0 unspecified atom stereocenters. The van der Waals surface area contributed by atoms with E-state index in [-0.39, 0.29) is 5.75 Å². The Kier molecular flexibility index (Phi) is 7.54. The number of morpholine rings is 2. The lowest BCUT2D eigenvalue weighted by Gasteiger charge is -2.29. The predicted octanol–water partition coefficient (Wildman–Crippen LogP) is 1.78. The topological polar surface area (TPSA) is 91.7 Å². The summed E-state index contributed by atoms with van der Waals surface area (Å²) in [6, 6.07) is 10.7. The van der Waals surface area contributed by atoms with Crippen LogP contribution < -0.4 is 15.1 Å². The fourth-order valence-corrected chi connectivity index (χ4v) is 3.47. The minimum absolute atomic E-state index is 0.216. The maximum absolute atomic E-state index is 9.39. The van der Waals surface area contributed by atoms with Gasteiger partial charge in [-0.25, -0.2) is 4.98 Å². The molecule has 9 nitrogen and oxygen atoms in total. The molecule has 2 fully saturated rings. The van der Waals surface area contributed by atoms with Gasteiger partial charge in [-0.15, -0.1) is 0 Å². The first-order valence-electron chi connectivity index (χ1n) is 10.6. The molecule has 0 atom stereocenters. The summed E-state index contributed by atoms with van der Waals surface area (Å²) in [4.78, 5) is 9.20. The van der Waals surface area contributed by atoms with E-state index in [1.165, 1.54) is 0 Å². The van der Waals surface area contributed by atoms with Gasteiger partial charge in [-0.3, -0.25) is 10.3 Å². The number of hydrazone groups is 1. The number of ether oxygens (including phenoxy) is 3. The number of benzene rings is 1. The monoisotopic (exact) mass is 427 g/mol. The second kappa shape index (κ2) is 10.9. The van der Waals surface area contributed by atoms with Gasteiger partial charge in [-0.05, 0) is 30.3 Å². The molecule has 166 valence electrons. The maximum atomic E-state index is 9.39. The molecule has 4 rings (SSSR count). The Morgan fingerprint density at radius 1 is 1.03 bits per heavy atom. The van der Waals surface area contributed by atoms with Crippen LogP contribution in [0.1, 0.15) is 5.69 Å². The zero-order valence-corrected chi connectivity index (χ0v) is 17.6. The lowest BCUT2D eigenvalue weighted by atomic mass is 10.2. The van der Waals surface area contributed by atoms with Crippen molar-refractivity contribution >= 4 is 17.6 Å². The normalized spacial score (nSPS) is 17.7. The van der Waals surface area contributed by atoms with Crippen molar-refractivity contribution in [2.45, 2.75) is 0 Å². The fourth-order valence-electron chi connectivity index (χ4n) is 3.47. The van der Waals surface area contributed by atoms with Crippen molar-refractivity contribution in [2.24, 2.45) is 5.10 Å². The molecule has 0 radical (unpaired) electrons. The minimum atomic E-state index is 0.216. The molecule has 2 aromatic rings. The van der Waals surface area contributed by atoms with Gasteiger partial charge in [0.1, 0.15) is 12.4 Å². The first-order valence-corrected chi connectivity index (χ1v) is 10.6. The zero-order valence-electron chi connectivity index (χ0n) is 17.6. The Morgan fingerprint density at radius 3 is 2.48 bits per heavy atom. The van der Waals surface area contributed by atoms with Crippen molar-refractivity contribution < 1.29 is 19.3 Å². The highest BCUT2D eigenvalue weighted by Crippen LogP contribution is 2.22. The number of phenolic OH excluding ortho intramolecular Hbond substituents is 1. The summed E-state index contributed by atoms with van der Waals surface area (Å²) in [6.07, 6.45) is 1.67. The van der Waals surface area contributed by atoms with Crippen molar-refractivity contribution in [3.8, 4) is 11.6 Å². The number of aromatic nitrogens is 1. The average Bonchev–Trinajstić information content (AvgIpc) is 2.82. The second-order valence-corrected chi connectivity index (χ2v) is 7.41. The van der Waals surface area contributed by atoms with Crippen LogP contribution in [0.15, 0.2) is 41.5 Å². The summed E-state index contributed by atoms with van der Waals surface area (Å²) in [5, 5.41) is 13.7. The third-order valence-electron chi connectivity index (χ3n) is 5.20. The van der Waals surface area contributed by atoms with Crippen LogP contribution in [0.25, 0.3) is 0 Å². The van der Waals surface area contributed by atoms with Gasteiger partial charge in [-0.2, -0.15) is 5.10 Å². The molecule has 2 N–H and O–H groups in total. The van der Waals surface area contributed by atoms with Gasteiger partial charge in [-0.1, -0.05) is 0 Å². The standard InChI is InChI=1S/C22H29N5O4/c28-21-3-1-18(2-4-21)25-23-17-19-15-20(27-8-12-30-13-9-27)16-22(24-19)31-14-7-26-5-10-29-11-6-26/h1-4,15-17,25,28H,5-14H2. The van der Waals surface area contributed by atoms with Gasteiger partial charge >= 0.3 is 0 Å². The highest BCUT2D eigenvalue weighted by atomic mass is 16.5. The number of nitrogens with zero attached hydrogens (tertiary/aromatic N) is 4. The van der Waals surface area contributed by atoms with Gasteiger partial charge in [0, 0.05) is 44.5 Å². The average molecular weight is 428 g/mol. The Labute approximate surface area is 182 Å². The van der Waals surface area contributed by atoms with E-state index >= 15 is 0 Å². The molecule has 1 aromatic heterocycles. The molecule has 0 bridgehead atoms. The van der Waals surface area contributed by atoms with Crippen LogP contribution in [0.5, 0.6) is 11.6 Å². The summed E-state index contributed by atoms with van der Waals surface area (Å²) < 4.78 is 16.9. The van der Waals surface area contributed by atoms with Crippen molar-refractivity contribution in [3.63, 3.8) is 0 Å². The van der Waals surface area contributed by atoms with Gasteiger partial charge in [0.2, 0.25) is 5.88 Å². The van der Waals surface area contributed by atoms with Crippen LogP contribution in [0, 0.1) is 0 Å². The number of phenols is 1. The first kappa shape index (κ1) is 21.4. The van der Waals surface area contributed by atoms with Crippen molar-refractivity contribution in [3.05, 3.63) is 42.1 Å². The molecule has 2 saturated heterocycles. The molecule has 3 heterocycles. The first-order chi connectivity index (χ1) is 15.3. The number of nitrogens with one attached hydrogen (secondary N) is 1. The van der Waals surface area contributed by atoms with Gasteiger partial charge < -0.3 is 24.2 Å². The third kappa shape index (κ3) is 6.55. The molecular weight excluding hydrogens is 398 g/mol. The summed E-state index contributed by atoms with van der Waals surface area (Å²) in [5.41, 5.74) is 5.48. The van der Waals surface area contributed by atoms with E-state index in [0.29, 0.717) is 31.4 Å². The fraction of sp³-hybridized carbons (Fsp3) is 0.455. The second-order valence-electron chi connectivity index (χ2n) is 7.41. The molecule has 2 aliphatic rings. The minimum Gasteiger partial charge on any atom is -0.508 e. The Balaban J connectivity index is 1.42. The lowest BCUT2D eigenvalue weighted by molar-refractivity contribution is 0.0320. The molecule has 9 heteroatoms. The van der Waals surface area contributed by atoms with Gasteiger partial charge in [0.25, 0.3) is 0 Å². The number of anilines is 2. The van der Waals surface area contributed by atoms with Crippen LogP contribution in [0.3, 0.4) is 0 Å². The Bertz CT molecular complexity index is 849. The van der Waals surface area contributed by atoms with Gasteiger partial charge in [0.15, 0.2) is 0 Å². The largest absolute Gasteiger partial charge is 0.508 e.